The number of hydrogen-bond donors (Lipinski definition) is 0. The molecule has 2 rings (SSSR count). The fourth-order valence-electron chi connectivity index (χ4n) is 3.85. The SMILES string of the molecule is C=CC1CCC(C2CCC(C(F)=C(F)F)CC2)CC1. The Balaban J connectivity index is 1.81. The van der Waals surface area contributed by atoms with E-state index in [2.05, 4.69) is 12.7 Å². The molecule has 0 N–H and O–H groups in total. The summed E-state index contributed by atoms with van der Waals surface area (Å²) in [6.45, 7) is 3.85. The van der Waals surface area contributed by atoms with Crippen molar-refractivity contribution in [2.45, 2.75) is 51.4 Å². The molecule has 0 atom stereocenters. The lowest BCUT2D eigenvalue weighted by Crippen LogP contribution is -2.25. The summed E-state index contributed by atoms with van der Waals surface area (Å²) in [4.78, 5) is 0. The third kappa shape index (κ3) is 3.64. The third-order valence-corrected chi connectivity index (χ3v) is 5.13. The van der Waals surface area contributed by atoms with Crippen molar-refractivity contribution in [1.29, 1.82) is 0 Å². The van der Waals surface area contributed by atoms with Crippen LogP contribution in [0.15, 0.2) is 24.6 Å². The van der Waals surface area contributed by atoms with Gasteiger partial charge in [0.15, 0.2) is 5.83 Å². The Morgan fingerprint density at radius 3 is 1.68 bits per heavy atom. The van der Waals surface area contributed by atoms with Gasteiger partial charge in [-0.15, -0.1) is 6.58 Å². The van der Waals surface area contributed by atoms with Crippen LogP contribution in [0.25, 0.3) is 0 Å². The van der Waals surface area contributed by atoms with Crippen molar-refractivity contribution < 1.29 is 13.2 Å². The lowest BCUT2D eigenvalue weighted by atomic mass is 9.69. The first kappa shape index (κ1) is 14.7. The first-order chi connectivity index (χ1) is 9.11. The van der Waals surface area contributed by atoms with Crippen LogP contribution < -0.4 is 0 Å². The Morgan fingerprint density at radius 2 is 1.26 bits per heavy atom. The van der Waals surface area contributed by atoms with Crippen molar-refractivity contribution >= 4 is 0 Å². The molecule has 0 aliphatic heterocycles. The van der Waals surface area contributed by atoms with E-state index in [1.54, 1.807) is 0 Å². The highest BCUT2D eigenvalue weighted by Crippen LogP contribution is 2.43. The minimum atomic E-state index is -2.12. The number of rotatable bonds is 3. The van der Waals surface area contributed by atoms with Crippen LogP contribution in [-0.2, 0) is 0 Å². The van der Waals surface area contributed by atoms with Gasteiger partial charge in [0.1, 0.15) is 0 Å². The Bertz CT molecular complexity index is 328. The van der Waals surface area contributed by atoms with Gasteiger partial charge in [-0.2, -0.15) is 8.78 Å². The quantitative estimate of drug-likeness (QED) is 0.564. The molecular formula is C16H23F3. The molecular weight excluding hydrogens is 249 g/mol. The van der Waals surface area contributed by atoms with Gasteiger partial charge in [0.2, 0.25) is 0 Å². The summed E-state index contributed by atoms with van der Waals surface area (Å²) in [5.74, 6) is 0.324. The van der Waals surface area contributed by atoms with Gasteiger partial charge < -0.3 is 0 Å². The summed E-state index contributed by atoms with van der Waals surface area (Å²) < 4.78 is 37.7. The summed E-state index contributed by atoms with van der Waals surface area (Å²) in [5, 5.41) is 0. The zero-order valence-corrected chi connectivity index (χ0v) is 11.4. The smallest absolute Gasteiger partial charge is 0.206 e. The molecule has 108 valence electrons. The number of halogens is 3. The largest absolute Gasteiger partial charge is 0.301 e. The molecule has 0 aromatic carbocycles. The Labute approximate surface area is 113 Å². The maximum atomic E-state index is 13.2. The molecule has 0 unspecified atom stereocenters. The molecule has 0 amide bonds. The second-order valence-electron chi connectivity index (χ2n) is 6.13. The Morgan fingerprint density at radius 1 is 0.789 bits per heavy atom. The molecule has 2 aliphatic carbocycles. The standard InChI is InChI=1S/C16H23F3/c1-2-11-3-5-12(6-4-11)13-7-9-14(10-8-13)15(17)16(18)19/h2,11-14H,1,3-10H2. The van der Waals surface area contributed by atoms with Crippen molar-refractivity contribution in [1.82, 2.24) is 0 Å². The third-order valence-electron chi connectivity index (χ3n) is 5.13. The minimum Gasteiger partial charge on any atom is -0.206 e. The van der Waals surface area contributed by atoms with Crippen molar-refractivity contribution in [2.24, 2.45) is 23.7 Å². The highest BCUT2D eigenvalue weighted by atomic mass is 19.3. The van der Waals surface area contributed by atoms with E-state index >= 15 is 0 Å². The van der Waals surface area contributed by atoms with Crippen molar-refractivity contribution in [3.63, 3.8) is 0 Å². The van der Waals surface area contributed by atoms with Crippen LogP contribution in [0.3, 0.4) is 0 Å². The molecule has 0 heterocycles. The molecule has 3 heteroatoms. The van der Waals surface area contributed by atoms with Crippen molar-refractivity contribution in [3.05, 3.63) is 24.6 Å². The molecule has 19 heavy (non-hydrogen) atoms. The van der Waals surface area contributed by atoms with Gasteiger partial charge >= 0.3 is 6.08 Å². The van der Waals surface area contributed by atoms with Crippen LogP contribution in [0.2, 0.25) is 0 Å². The average molecular weight is 272 g/mol. The van der Waals surface area contributed by atoms with Gasteiger partial charge in [0.25, 0.3) is 0 Å². The molecule has 0 aromatic rings. The zero-order chi connectivity index (χ0) is 13.8. The van der Waals surface area contributed by atoms with Gasteiger partial charge in [-0.25, -0.2) is 4.39 Å². The summed E-state index contributed by atoms with van der Waals surface area (Å²) >= 11 is 0. The monoisotopic (exact) mass is 272 g/mol. The number of hydrogen-bond acceptors (Lipinski definition) is 0. The first-order valence-corrected chi connectivity index (χ1v) is 7.45. The summed E-state index contributed by atoms with van der Waals surface area (Å²) in [7, 11) is 0. The summed E-state index contributed by atoms with van der Waals surface area (Å²) in [5.41, 5.74) is 0. The second-order valence-corrected chi connectivity index (χ2v) is 6.13. The van der Waals surface area contributed by atoms with Crippen molar-refractivity contribution in [2.75, 3.05) is 0 Å². The van der Waals surface area contributed by atoms with E-state index in [0.717, 1.165) is 18.8 Å². The fraction of sp³-hybridized carbons (Fsp3) is 0.750. The van der Waals surface area contributed by atoms with E-state index in [4.69, 9.17) is 0 Å². The zero-order valence-electron chi connectivity index (χ0n) is 11.4. The predicted molar refractivity (Wildman–Crippen MR) is 71.4 cm³/mol. The highest BCUT2D eigenvalue weighted by Gasteiger charge is 2.32. The molecule has 0 spiro atoms. The summed E-state index contributed by atoms with van der Waals surface area (Å²) in [6, 6.07) is 0. The van der Waals surface area contributed by atoms with Crippen LogP contribution in [0.5, 0.6) is 0 Å². The molecule has 0 nitrogen and oxygen atoms in total. The summed E-state index contributed by atoms with van der Waals surface area (Å²) in [6.07, 6.45) is 7.81. The fourth-order valence-corrected chi connectivity index (χ4v) is 3.85. The normalized spacial score (nSPS) is 35.7. The van der Waals surface area contributed by atoms with Gasteiger partial charge in [-0.1, -0.05) is 6.08 Å². The van der Waals surface area contributed by atoms with E-state index < -0.39 is 17.8 Å². The topological polar surface area (TPSA) is 0 Å². The molecule has 0 radical (unpaired) electrons. The van der Waals surface area contributed by atoms with Gasteiger partial charge in [0, 0.05) is 5.92 Å². The lowest BCUT2D eigenvalue weighted by molar-refractivity contribution is 0.154. The first-order valence-electron chi connectivity index (χ1n) is 7.45. The van der Waals surface area contributed by atoms with Crippen LogP contribution >= 0.6 is 0 Å². The molecule has 2 aliphatic rings. The Kier molecular flexibility index (Phi) is 5.12. The molecule has 0 saturated heterocycles. The average Bonchev–Trinajstić information content (AvgIpc) is 2.46. The second kappa shape index (κ2) is 6.62. The molecule has 0 bridgehead atoms. The Hall–Kier alpha value is -0.730. The number of allylic oxidation sites excluding steroid dienone is 2. The van der Waals surface area contributed by atoms with Crippen LogP contribution in [0.1, 0.15) is 51.4 Å². The maximum Gasteiger partial charge on any atom is 0.301 e. The van der Waals surface area contributed by atoms with Crippen LogP contribution in [-0.4, -0.2) is 0 Å². The lowest BCUT2D eigenvalue weighted by Gasteiger charge is -2.36. The van der Waals surface area contributed by atoms with Crippen molar-refractivity contribution in [3.8, 4) is 0 Å². The molecule has 0 aromatic heterocycles. The van der Waals surface area contributed by atoms with E-state index in [1.807, 2.05) is 0 Å². The van der Waals surface area contributed by atoms with Gasteiger partial charge in [-0.05, 0) is 69.1 Å². The van der Waals surface area contributed by atoms with E-state index in [9.17, 15) is 13.2 Å². The van der Waals surface area contributed by atoms with Crippen LogP contribution in [0, 0.1) is 23.7 Å². The van der Waals surface area contributed by atoms with E-state index in [-0.39, 0.29) is 0 Å². The molecule has 2 fully saturated rings. The molecule has 2 saturated carbocycles. The minimum absolute atomic E-state index is 0.522. The highest BCUT2D eigenvalue weighted by molar-refractivity contribution is 5.00. The van der Waals surface area contributed by atoms with Gasteiger partial charge in [-0.3, -0.25) is 0 Å². The van der Waals surface area contributed by atoms with Crippen LogP contribution in [0.4, 0.5) is 13.2 Å². The van der Waals surface area contributed by atoms with E-state index in [1.165, 1.54) is 25.7 Å². The maximum absolute atomic E-state index is 13.2. The van der Waals surface area contributed by atoms with E-state index in [0.29, 0.717) is 24.7 Å². The van der Waals surface area contributed by atoms with Gasteiger partial charge in [0.05, 0.1) is 0 Å². The predicted octanol–water partition coefficient (Wildman–Crippen LogP) is 5.86.